The van der Waals surface area contributed by atoms with Crippen molar-refractivity contribution >= 4 is 47.4 Å². The van der Waals surface area contributed by atoms with Crippen LogP contribution in [0.15, 0.2) is 61.4 Å². The van der Waals surface area contributed by atoms with Gasteiger partial charge in [0.25, 0.3) is 0 Å². The fourth-order valence-electron chi connectivity index (χ4n) is 4.38. The van der Waals surface area contributed by atoms with Gasteiger partial charge in [0.05, 0.1) is 28.5 Å². The molecule has 0 fully saturated rings. The van der Waals surface area contributed by atoms with E-state index in [0.29, 0.717) is 36.2 Å². The molecule has 0 aliphatic rings. The van der Waals surface area contributed by atoms with Gasteiger partial charge in [0.15, 0.2) is 0 Å². The van der Waals surface area contributed by atoms with Gasteiger partial charge < -0.3 is 30.2 Å². The van der Waals surface area contributed by atoms with Crippen molar-refractivity contribution < 1.29 is 19.4 Å². The number of nitrogens with one attached hydrogen (secondary N) is 1. The summed E-state index contributed by atoms with van der Waals surface area (Å²) >= 11 is 0. The van der Waals surface area contributed by atoms with Crippen LogP contribution in [0.5, 0.6) is 5.88 Å². The smallest absolute Gasteiger partial charge is 0.322 e. The van der Waals surface area contributed by atoms with Gasteiger partial charge in [0.2, 0.25) is 5.88 Å². The van der Waals surface area contributed by atoms with Crippen molar-refractivity contribution in [3.05, 3.63) is 67.0 Å². The second-order valence-corrected chi connectivity index (χ2v) is 16.7. The summed E-state index contributed by atoms with van der Waals surface area (Å²) in [5, 5.41) is 13.5. The number of pyridine rings is 2. The first-order chi connectivity index (χ1) is 19.7. The topological polar surface area (TPSA) is 150 Å². The number of benzene rings is 1. The molecule has 41 heavy (non-hydrogen) atoms. The first-order valence-electron chi connectivity index (χ1n) is 13.3. The number of carbonyl (C=O) groups is 1. The highest BCUT2D eigenvalue weighted by Gasteiger charge is 2.19. The van der Waals surface area contributed by atoms with E-state index in [4.69, 9.17) is 20.3 Å². The van der Waals surface area contributed by atoms with Gasteiger partial charge in [-0.15, -0.1) is 0 Å². The van der Waals surface area contributed by atoms with E-state index in [0.717, 1.165) is 39.0 Å². The molecule has 5 rings (SSSR count). The molecule has 11 nitrogen and oxygen atoms in total. The van der Waals surface area contributed by atoms with E-state index < -0.39 is 14.0 Å². The minimum Gasteiger partial charge on any atom is -0.480 e. The molecule has 0 amide bonds. The Morgan fingerprint density at radius 1 is 1.10 bits per heavy atom. The van der Waals surface area contributed by atoms with Gasteiger partial charge in [-0.1, -0.05) is 25.7 Å². The predicted octanol–water partition coefficient (Wildman–Crippen LogP) is 5.01. The zero-order valence-electron chi connectivity index (χ0n) is 23.3. The third-order valence-electron chi connectivity index (χ3n) is 6.47. The van der Waals surface area contributed by atoms with Crippen molar-refractivity contribution in [1.82, 2.24) is 24.5 Å². The minimum atomic E-state index is -1.23. The standard InChI is InChI=1S/C29H33N7O4Si/c1-41(2,3)7-6-39-18-36-15-24(20-4-5-25-21(9-20)10-23(13-33-25)32-14-26(37)38)27-28(36)34-17-35-29(27)40-16-19-8-22(30)12-31-11-19/h4-5,8-13,15,17,32H,6-7,14,16,18,30H2,1-3H3,(H,37,38). The van der Waals surface area contributed by atoms with E-state index in [9.17, 15) is 4.79 Å². The lowest BCUT2D eigenvalue weighted by Crippen LogP contribution is -2.22. The number of carboxylic acid groups (broad SMARTS) is 1. The molecule has 5 aromatic rings. The van der Waals surface area contributed by atoms with Crippen molar-refractivity contribution in [3.8, 4) is 17.0 Å². The van der Waals surface area contributed by atoms with Gasteiger partial charge in [-0.25, -0.2) is 9.97 Å². The van der Waals surface area contributed by atoms with Gasteiger partial charge in [0.1, 0.15) is 31.9 Å². The lowest BCUT2D eigenvalue weighted by molar-refractivity contribution is -0.134. The van der Waals surface area contributed by atoms with Crippen molar-refractivity contribution in [2.75, 3.05) is 24.2 Å². The number of carboxylic acids is 1. The molecule has 0 saturated heterocycles. The number of ether oxygens (including phenoxy) is 2. The Balaban J connectivity index is 1.53. The average molecular weight is 572 g/mol. The molecular weight excluding hydrogens is 538 g/mol. The van der Waals surface area contributed by atoms with Crippen molar-refractivity contribution in [1.29, 1.82) is 0 Å². The third kappa shape index (κ3) is 6.97. The van der Waals surface area contributed by atoms with E-state index in [1.165, 1.54) is 6.33 Å². The lowest BCUT2D eigenvalue weighted by atomic mass is 10.0. The van der Waals surface area contributed by atoms with E-state index in [-0.39, 0.29) is 13.2 Å². The summed E-state index contributed by atoms with van der Waals surface area (Å²) in [5.74, 6) is -0.511. The zero-order chi connectivity index (χ0) is 29.0. The van der Waals surface area contributed by atoms with Crippen LogP contribution < -0.4 is 15.8 Å². The normalized spacial score (nSPS) is 11.7. The van der Waals surface area contributed by atoms with Gasteiger partial charge >= 0.3 is 5.97 Å². The van der Waals surface area contributed by atoms with E-state index >= 15 is 0 Å². The Bertz CT molecular complexity index is 1700. The number of hydrogen-bond acceptors (Lipinski definition) is 9. The summed E-state index contributed by atoms with van der Waals surface area (Å²) in [4.78, 5) is 28.7. The average Bonchev–Trinajstić information content (AvgIpc) is 3.31. The Kier molecular flexibility index (Phi) is 8.13. The second-order valence-electron chi connectivity index (χ2n) is 11.0. The number of hydrogen-bond donors (Lipinski definition) is 3. The number of nitrogens with zero attached hydrogens (tertiary/aromatic N) is 5. The fourth-order valence-corrected chi connectivity index (χ4v) is 5.13. The summed E-state index contributed by atoms with van der Waals surface area (Å²) in [6, 6.07) is 10.7. The third-order valence-corrected chi connectivity index (χ3v) is 8.18. The molecule has 0 atom stereocenters. The van der Waals surface area contributed by atoms with E-state index in [1.807, 2.05) is 41.1 Å². The van der Waals surface area contributed by atoms with Gasteiger partial charge in [0, 0.05) is 49.8 Å². The molecule has 0 aliphatic carbocycles. The molecule has 12 heteroatoms. The highest BCUT2D eigenvalue weighted by atomic mass is 28.3. The quantitative estimate of drug-likeness (QED) is 0.138. The first kappa shape index (κ1) is 28.0. The summed E-state index contributed by atoms with van der Waals surface area (Å²) in [5.41, 5.74) is 11.2. The van der Waals surface area contributed by atoms with Crippen LogP contribution >= 0.6 is 0 Å². The van der Waals surface area contributed by atoms with Crippen LogP contribution in [0.25, 0.3) is 33.1 Å². The fraction of sp³-hybridized carbons (Fsp3) is 0.276. The highest BCUT2D eigenvalue weighted by molar-refractivity contribution is 6.76. The molecule has 4 aromatic heterocycles. The van der Waals surface area contributed by atoms with Crippen molar-refractivity contribution in [2.45, 2.75) is 39.0 Å². The highest BCUT2D eigenvalue weighted by Crippen LogP contribution is 2.36. The number of anilines is 2. The number of aliphatic carboxylic acids is 1. The number of nitrogen functional groups attached to an aromatic ring is 1. The maximum Gasteiger partial charge on any atom is 0.322 e. The first-order valence-corrected chi connectivity index (χ1v) is 17.0. The maximum absolute atomic E-state index is 11.0. The SMILES string of the molecule is C[Si](C)(C)CCOCn1cc(-c2ccc3ncc(NCC(=O)O)cc3c2)c2c(OCc3cncc(N)c3)ncnc21. The maximum atomic E-state index is 11.0. The van der Waals surface area contributed by atoms with Crippen LogP contribution in [-0.2, 0) is 22.9 Å². The predicted molar refractivity (Wildman–Crippen MR) is 161 cm³/mol. The Hall–Kier alpha value is -4.55. The van der Waals surface area contributed by atoms with Crippen LogP contribution in [0.3, 0.4) is 0 Å². The molecule has 0 spiro atoms. The molecule has 0 unspecified atom stereocenters. The number of rotatable bonds is 12. The van der Waals surface area contributed by atoms with E-state index in [1.54, 1.807) is 18.6 Å². The minimum absolute atomic E-state index is 0.196. The molecule has 0 bridgehead atoms. The molecule has 4 N–H and O–H groups in total. The second kappa shape index (κ2) is 11.9. The van der Waals surface area contributed by atoms with Crippen LogP contribution in [0.2, 0.25) is 25.7 Å². The van der Waals surface area contributed by atoms with Crippen LogP contribution in [0, 0.1) is 0 Å². The number of nitrogens with two attached hydrogens (primary N) is 1. The lowest BCUT2D eigenvalue weighted by Gasteiger charge is -2.15. The molecule has 0 radical (unpaired) electrons. The molecular formula is C29H33N7O4Si. The summed E-state index contributed by atoms with van der Waals surface area (Å²) in [6.07, 6.45) is 8.41. The monoisotopic (exact) mass is 571 g/mol. The number of fused-ring (bicyclic) bond motifs is 2. The van der Waals surface area contributed by atoms with Gasteiger partial charge in [-0.2, -0.15) is 0 Å². The van der Waals surface area contributed by atoms with Crippen molar-refractivity contribution in [3.63, 3.8) is 0 Å². The Morgan fingerprint density at radius 3 is 2.73 bits per heavy atom. The summed E-state index contributed by atoms with van der Waals surface area (Å²) in [6.45, 7) is 8.03. The molecule has 4 heterocycles. The number of aromatic nitrogens is 5. The largest absolute Gasteiger partial charge is 0.480 e. The Morgan fingerprint density at radius 2 is 1.95 bits per heavy atom. The molecule has 0 saturated carbocycles. The molecule has 212 valence electrons. The van der Waals surface area contributed by atoms with Gasteiger partial charge in [-0.05, 0) is 35.9 Å². The summed E-state index contributed by atoms with van der Waals surface area (Å²) in [7, 11) is -1.23. The molecule has 0 aliphatic heterocycles. The van der Waals surface area contributed by atoms with Gasteiger partial charge in [-0.3, -0.25) is 14.8 Å². The van der Waals surface area contributed by atoms with Crippen LogP contribution in [-0.4, -0.2) is 56.8 Å². The van der Waals surface area contributed by atoms with E-state index in [2.05, 4.69) is 44.9 Å². The van der Waals surface area contributed by atoms with Crippen LogP contribution in [0.4, 0.5) is 11.4 Å². The zero-order valence-corrected chi connectivity index (χ0v) is 24.3. The Labute approximate surface area is 238 Å². The van der Waals surface area contributed by atoms with Crippen LogP contribution in [0.1, 0.15) is 5.56 Å². The summed E-state index contributed by atoms with van der Waals surface area (Å²) < 4.78 is 14.2. The van der Waals surface area contributed by atoms with Crippen molar-refractivity contribution in [2.24, 2.45) is 0 Å². The molecule has 1 aromatic carbocycles.